The van der Waals surface area contributed by atoms with Gasteiger partial charge in [-0.1, -0.05) is 33.1 Å². The van der Waals surface area contributed by atoms with Crippen LogP contribution in [0.3, 0.4) is 0 Å². The van der Waals surface area contributed by atoms with Crippen molar-refractivity contribution in [3.63, 3.8) is 0 Å². The van der Waals surface area contributed by atoms with Crippen LogP contribution in [0.25, 0.3) is 0 Å². The Bertz CT molecular complexity index is 254. The molecule has 0 saturated carbocycles. The quantitative estimate of drug-likeness (QED) is 0.338. The van der Waals surface area contributed by atoms with Crippen molar-refractivity contribution in [2.24, 2.45) is 0 Å². The van der Waals surface area contributed by atoms with Gasteiger partial charge in [0.1, 0.15) is 0 Å². The van der Waals surface area contributed by atoms with E-state index in [9.17, 15) is 18.1 Å². The van der Waals surface area contributed by atoms with Crippen LogP contribution in [0.1, 0.15) is 52.4 Å². The Balaban J connectivity index is 0. The first-order chi connectivity index (χ1) is 6.91. The van der Waals surface area contributed by atoms with Gasteiger partial charge in [0.15, 0.2) is 0 Å². The van der Waals surface area contributed by atoms with Crippen LogP contribution in [0.4, 0.5) is 0 Å². The van der Waals surface area contributed by atoms with Crippen LogP contribution in [0.5, 0.6) is 0 Å². The third kappa shape index (κ3) is 9.53. The topological polar surface area (TPSA) is 77.4 Å². The third-order valence-electron chi connectivity index (χ3n) is 2.54. The van der Waals surface area contributed by atoms with Crippen LogP contribution in [-0.4, -0.2) is 29.4 Å². The first-order valence-corrected chi connectivity index (χ1v) is 7.01. The van der Waals surface area contributed by atoms with Gasteiger partial charge in [-0.05, 0) is 19.3 Å². The van der Waals surface area contributed by atoms with Gasteiger partial charge in [-0.25, -0.2) is 8.42 Å². The summed E-state index contributed by atoms with van der Waals surface area (Å²) in [7, 11) is -4.25. The van der Waals surface area contributed by atoms with Gasteiger partial charge in [-0.3, -0.25) is 0 Å². The smallest absolute Gasteiger partial charge is 0.748 e. The molecular formula is C10H21KO4S. The Morgan fingerprint density at radius 3 is 2.19 bits per heavy atom. The summed E-state index contributed by atoms with van der Waals surface area (Å²) >= 11 is 0. The molecule has 0 aliphatic carbocycles. The van der Waals surface area contributed by atoms with Crippen molar-refractivity contribution < 1.29 is 69.5 Å². The minimum atomic E-state index is -4.25. The molecule has 16 heavy (non-hydrogen) atoms. The second-order valence-electron chi connectivity index (χ2n) is 3.91. The van der Waals surface area contributed by atoms with Gasteiger partial charge >= 0.3 is 51.4 Å². The second kappa shape index (κ2) is 10.4. The van der Waals surface area contributed by atoms with E-state index < -0.39 is 21.5 Å². The summed E-state index contributed by atoms with van der Waals surface area (Å²) in [6.07, 6.45) is 3.24. The normalized spacial score (nSPS) is 15.2. The van der Waals surface area contributed by atoms with Crippen molar-refractivity contribution in [2.75, 3.05) is 0 Å². The Morgan fingerprint density at radius 1 is 1.25 bits per heavy atom. The Kier molecular flexibility index (Phi) is 12.9. The van der Waals surface area contributed by atoms with Crippen molar-refractivity contribution in [3.8, 4) is 0 Å². The van der Waals surface area contributed by atoms with Crippen LogP contribution in [0.2, 0.25) is 0 Å². The molecule has 1 N–H and O–H groups in total. The molecule has 0 aromatic heterocycles. The van der Waals surface area contributed by atoms with Crippen LogP contribution in [0, 0.1) is 0 Å². The standard InChI is InChI=1S/C10H22O4S.K/c1-3-5-6-7-9(11)8-10(4-2)15(12,13)14;/h9-11H,3-8H2,1-2H3,(H,12,13,14);/q;+1/p-1. The van der Waals surface area contributed by atoms with E-state index in [1.165, 1.54) is 0 Å². The van der Waals surface area contributed by atoms with Crippen molar-refractivity contribution in [1.82, 2.24) is 0 Å². The van der Waals surface area contributed by atoms with Gasteiger partial charge < -0.3 is 9.66 Å². The minimum Gasteiger partial charge on any atom is -0.748 e. The second-order valence-corrected chi connectivity index (χ2v) is 5.56. The molecule has 92 valence electrons. The molecule has 0 amide bonds. The summed E-state index contributed by atoms with van der Waals surface area (Å²) in [5.74, 6) is 0. The monoisotopic (exact) mass is 276 g/mol. The van der Waals surface area contributed by atoms with Crippen molar-refractivity contribution in [3.05, 3.63) is 0 Å². The predicted octanol–water partition coefficient (Wildman–Crippen LogP) is -1.35. The molecular weight excluding hydrogens is 255 g/mol. The van der Waals surface area contributed by atoms with Crippen molar-refractivity contribution >= 4 is 10.1 Å². The molecule has 4 nitrogen and oxygen atoms in total. The van der Waals surface area contributed by atoms with Gasteiger partial charge in [-0.15, -0.1) is 0 Å². The predicted molar refractivity (Wildman–Crippen MR) is 58.5 cm³/mol. The van der Waals surface area contributed by atoms with Crippen LogP contribution in [0.15, 0.2) is 0 Å². The van der Waals surface area contributed by atoms with E-state index in [1.807, 2.05) is 0 Å². The van der Waals surface area contributed by atoms with Gasteiger partial charge in [0, 0.05) is 0 Å². The van der Waals surface area contributed by atoms with Gasteiger partial charge in [-0.2, -0.15) is 0 Å². The Labute approximate surface area is 141 Å². The van der Waals surface area contributed by atoms with E-state index in [2.05, 4.69) is 6.92 Å². The van der Waals surface area contributed by atoms with Crippen molar-refractivity contribution in [1.29, 1.82) is 0 Å². The maximum absolute atomic E-state index is 10.8. The van der Waals surface area contributed by atoms with E-state index in [-0.39, 0.29) is 64.2 Å². The first-order valence-electron chi connectivity index (χ1n) is 5.54. The molecule has 0 aliphatic heterocycles. The summed E-state index contributed by atoms with van der Waals surface area (Å²) in [6.45, 7) is 3.71. The molecule has 0 heterocycles. The molecule has 0 bridgehead atoms. The molecule has 0 spiro atoms. The zero-order valence-corrected chi connectivity index (χ0v) is 14.4. The number of rotatable bonds is 8. The van der Waals surface area contributed by atoms with Crippen LogP contribution >= 0.6 is 0 Å². The zero-order valence-electron chi connectivity index (χ0n) is 10.5. The Hall–Kier alpha value is 1.51. The molecule has 0 fully saturated rings. The van der Waals surface area contributed by atoms with Crippen LogP contribution < -0.4 is 51.4 Å². The third-order valence-corrected chi connectivity index (χ3v) is 3.88. The average Bonchev–Trinajstić information content (AvgIpc) is 2.12. The summed E-state index contributed by atoms with van der Waals surface area (Å²) in [5, 5.41) is 8.60. The van der Waals surface area contributed by atoms with Gasteiger partial charge in [0.2, 0.25) is 0 Å². The summed E-state index contributed by atoms with van der Waals surface area (Å²) in [5.41, 5.74) is 0. The fourth-order valence-electron chi connectivity index (χ4n) is 1.54. The molecule has 0 aromatic rings. The largest absolute Gasteiger partial charge is 1.00 e. The maximum atomic E-state index is 10.8. The number of aliphatic hydroxyl groups excluding tert-OH is 1. The van der Waals surface area contributed by atoms with E-state index in [0.29, 0.717) is 6.42 Å². The van der Waals surface area contributed by atoms with Gasteiger partial charge in [0.05, 0.1) is 21.5 Å². The fraction of sp³-hybridized carbons (Fsp3) is 1.00. The molecule has 0 radical (unpaired) electrons. The van der Waals surface area contributed by atoms with E-state index in [4.69, 9.17) is 0 Å². The molecule has 0 rings (SSSR count). The molecule has 0 saturated heterocycles. The first kappa shape index (κ1) is 19.8. The number of hydrogen-bond donors (Lipinski definition) is 1. The summed E-state index contributed by atoms with van der Waals surface area (Å²) in [6, 6.07) is 0. The molecule has 0 aliphatic rings. The molecule has 6 heteroatoms. The maximum Gasteiger partial charge on any atom is 1.00 e. The number of hydrogen-bond acceptors (Lipinski definition) is 4. The van der Waals surface area contributed by atoms with E-state index in [0.717, 1.165) is 19.3 Å². The number of aliphatic hydroxyl groups is 1. The zero-order chi connectivity index (χ0) is 11.9. The summed E-state index contributed by atoms with van der Waals surface area (Å²) < 4.78 is 32.3. The minimum absolute atomic E-state index is 0. The molecule has 2 atom stereocenters. The van der Waals surface area contributed by atoms with Gasteiger partial charge in [0.25, 0.3) is 0 Å². The molecule has 0 aromatic carbocycles. The summed E-state index contributed by atoms with van der Waals surface area (Å²) in [4.78, 5) is 0. The SMILES string of the molecule is CCCCCC(O)CC(CC)S(=O)(=O)[O-].[K+]. The number of unbranched alkanes of at least 4 members (excludes halogenated alkanes) is 2. The van der Waals surface area contributed by atoms with Crippen molar-refractivity contribution in [2.45, 2.75) is 63.7 Å². The van der Waals surface area contributed by atoms with Crippen LogP contribution in [-0.2, 0) is 10.1 Å². The van der Waals surface area contributed by atoms with E-state index >= 15 is 0 Å². The molecule has 2 unspecified atom stereocenters. The fourth-order valence-corrected chi connectivity index (χ4v) is 2.41. The average molecular weight is 276 g/mol. The van der Waals surface area contributed by atoms with E-state index in [1.54, 1.807) is 6.92 Å². The Morgan fingerprint density at radius 2 is 1.81 bits per heavy atom.